The van der Waals surface area contributed by atoms with Crippen LogP contribution in [0.4, 0.5) is 0 Å². The highest BCUT2D eigenvalue weighted by Crippen LogP contribution is 2.17. The molecule has 1 aliphatic rings. The summed E-state index contributed by atoms with van der Waals surface area (Å²) in [6.07, 6.45) is 1.06. The molecule has 1 aromatic carbocycles. The minimum atomic E-state index is -3.60. The van der Waals surface area contributed by atoms with Crippen molar-refractivity contribution in [2.75, 3.05) is 32.7 Å². The van der Waals surface area contributed by atoms with Crippen LogP contribution in [0.3, 0.4) is 0 Å². The molecule has 0 unspecified atom stereocenters. The zero-order chi connectivity index (χ0) is 21.4. The predicted octanol–water partition coefficient (Wildman–Crippen LogP) is 0.144. The third kappa shape index (κ3) is 6.13. The lowest BCUT2D eigenvalue weighted by molar-refractivity contribution is -0.150. The van der Waals surface area contributed by atoms with E-state index in [1.807, 2.05) is 0 Å². The summed E-state index contributed by atoms with van der Waals surface area (Å²) >= 11 is 0. The molecular weight excluding hydrogens is 398 g/mol. The molecule has 0 saturated carbocycles. The van der Waals surface area contributed by atoms with E-state index in [1.54, 1.807) is 25.1 Å². The molecule has 10 heteroatoms. The average molecular weight is 423 g/mol. The number of nitrogens with one attached hydrogen (secondary N) is 1. The lowest BCUT2D eigenvalue weighted by Gasteiger charge is -2.33. The Bertz CT molecular complexity index is 861. The number of sulfonamides is 1. The van der Waals surface area contributed by atoms with E-state index >= 15 is 0 Å². The zero-order valence-electron chi connectivity index (χ0n) is 16.4. The van der Waals surface area contributed by atoms with Gasteiger partial charge in [0.1, 0.15) is 0 Å². The number of carbonyl (C=O) groups excluding carboxylic acids is 3. The largest absolute Gasteiger partial charge is 0.449 e. The van der Waals surface area contributed by atoms with Gasteiger partial charge in [0.05, 0.1) is 4.90 Å². The summed E-state index contributed by atoms with van der Waals surface area (Å²) in [7, 11) is -3.60. The number of amides is 2. The van der Waals surface area contributed by atoms with Crippen molar-refractivity contribution < 1.29 is 27.5 Å². The van der Waals surface area contributed by atoms with E-state index in [0.29, 0.717) is 6.54 Å². The Balaban J connectivity index is 1.86. The Hall–Kier alpha value is -2.72. The van der Waals surface area contributed by atoms with Crippen LogP contribution in [0.1, 0.15) is 13.8 Å². The summed E-state index contributed by atoms with van der Waals surface area (Å²) in [5.74, 6) is -1.65. The molecule has 0 spiro atoms. The Morgan fingerprint density at radius 3 is 2.31 bits per heavy atom. The lowest BCUT2D eigenvalue weighted by Crippen LogP contribution is -2.50. The van der Waals surface area contributed by atoms with Crippen LogP contribution in [0.2, 0.25) is 0 Å². The second-order valence-electron chi connectivity index (χ2n) is 6.35. The van der Waals surface area contributed by atoms with Gasteiger partial charge in [0, 0.05) is 44.9 Å². The molecule has 0 bridgehead atoms. The van der Waals surface area contributed by atoms with Crippen molar-refractivity contribution in [3.05, 3.63) is 42.5 Å². The van der Waals surface area contributed by atoms with Gasteiger partial charge in [0.2, 0.25) is 15.9 Å². The predicted molar refractivity (Wildman–Crippen MR) is 105 cm³/mol. The first-order valence-corrected chi connectivity index (χ1v) is 10.7. The van der Waals surface area contributed by atoms with Gasteiger partial charge >= 0.3 is 5.97 Å². The number of piperazine rings is 1. The Kier molecular flexibility index (Phi) is 7.91. The summed E-state index contributed by atoms with van der Waals surface area (Å²) in [4.78, 5) is 37.2. The fraction of sp³-hybridized carbons (Fsp3) is 0.421. The molecular formula is C19H25N3O6S. The highest BCUT2D eigenvalue weighted by molar-refractivity contribution is 7.89. The van der Waals surface area contributed by atoms with Crippen LogP contribution in [-0.2, 0) is 29.1 Å². The number of hydrogen-bond donors (Lipinski definition) is 1. The standard InChI is InChI=1S/C19H25N3O6S/c1-3-20-19(25)15(2)28-18(24)10-9-17(23)21-11-13-22(14-12-21)29(26,27)16-7-5-4-6-8-16/h4-10,15H,3,11-14H2,1-2H3,(H,20,25)/b10-9+/t15-/m1/s1. The maximum Gasteiger partial charge on any atom is 0.331 e. The van der Waals surface area contributed by atoms with Gasteiger partial charge in [-0.2, -0.15) is 4.31 Å². The second kappa shape index (κ2) is 10.2. The van der Waals surface area contributed by atoms with Crippen molar-refractivity contribution in [2.24, 2.45) is 0 Å². The molecule has 2 rings (SSSR count). The molecule has 1 aromatic rings. The van der Waals surface area contributed by atoms with Crippen molar-refractivity contribution in [3.63, 3.8) is 0 Å². The zero-order valence-corrected chi connectivity index (χ0v) is 17.2. The second-order valence-corrected chi connectivity index (χ2v) is 8.29. The summed E-state index contributed by atoms with van der Waals surface area (Å²) in [6.45, 7) is 4.34. The molecule has 1 aliphatic heterocycles. The van der Waals surface area contributed by atoms with E-state index in [2.05, 4.69) is 5.32 Å². The van der Waals surface area contributed by atoms with Crippen LogP contribution in [-0.4, -0.2) is 74.2 Å². The molecule has 0 aromatic heterocycles. The van der Waals surface area contributed by atoms with Gasteiger partial charge in [0.25, 0.3) is 5.91 Å². The van der Waals surface area contributed by atoms with E-state index in [0.717, 1.165) is 12.2 Å². The summed E-state index contributed by atoms with van der Waals surface area (Å²) in [5, 5.41) is 2.53. The highest BCUT2D eigenvalue weighted by atomic mass is 32.2. The normalized spacial score (nSPS) is 16.4. The van der Waals surface area contributed by atoms with Gasteiger partial charge in [-0.25, -0.2) is 13.2 Å². The van der Waals surface area contributed by atoms with Gasteiger partial charge in [-0.3, -0.25) is 9.59 Å². The first-order chi connectivity index (χ1) is 13.8. The molecule has 158 valence electrons. The van der Waals surface area contributed by atoms with E-state index in [4.69, 9.17) is 4.74 Å². The third-order valence-electron chi connectivity index (χ3n) is 4.31. The molecule has 1 N–H and O–H groups in total. The number of benzene rings is 1. The van der Waals surface area contributed by atoms with Crippen molar-refractivity contribution in [3.8, 4) is 0 Å². The molecule has 9 nitrogen and oxygen atoms in total. The minimum Gasteiger partial charge on any atom is -0.449 e. The average Bonchev–Trinajstić information content (AvgIpc) is 2.72. The Labute approximate surface area is 170 Å². The van der Waals surface area contributed by atoms with Crippen LogP contribution < -0.4 is 5.32 Å². The van der Waals surface area contributed by atoms with E-state index < -0.39 is 33.9 Å². The van der Waals surface area contributed by atoms with E-state index in [1.165, 1.54) is 28.3 Å². The maximum absolute atomic E-state index is 12.6. The van der Waals surface area contributed by atoms with E-state index in [9.17, 15) is 22.8 Å². The number of nitrogens with zero attached hydrogens (tertiary/aromatic N) is 2. The summed E-state index contributed by atoms with van der Waals surface area (Å²) < 4.78 is 31.4. The fourth-order valence-electron chi connectivity index (χ4n) is 2.72. The molecule has 29 heavy (non-hydrogen) atoms. The first kappa shape index (κ1) is 22.6. The monoisotopic (exact) mass is 423 g/mol. The number of ether oxygens (including phenoxy) is 1. The van der Waals surface area contributed by atoms with Crippen molar-refractivity contribution in [2.45, 2.75) is 24.8 Å². The Morgan fingerprint density at radius 1 is 1.10 bits per heavy atom. The maximum atomic E-state index is 12.6. The fourth-order valence-corrected chi connectivity index (χ4v) is 4.16. The van der Waals surface area contributed by atoms with Crippen LogP contribution in [0.25, 0.3) is 0 Å². The van der Waals surface area contributed by atoms with Crippen molar-refractivity contribution >= 4 is 27.8 Å². The van der Waals surface area contributed by atoms with Crippen LogP contribution >= 0.6 is 0 Å². The molecule has 1 fully saturated rings. The van der Waals surface area contributed by atoms with Gasteiger partial charge < -0.3 is 15.0 Å². The molecule has 0 radical (unpaired) electrons. The molecule has 1 heterocycles. The van der Waals surface area contributed by atoms with Crippen LogP contribution in [0.5, 0.6) is 0 Å². The molecule has 0 aliphatic carbocycles. The van der Waals surface area contributed by atoms with Gasteiger partial charge in [-0.15, -0.1) is 0 Å². The first-order valence-electron chi connectivity index (χ1n) is 9.26. The third-order valence-corrected chi connectivity index (χ3v) is 6.22. The highest BCUT2D eigenvalue weighted by Gasteiger charge is 2.29. The number of esters is 1. The quantitative estimate of drug-likeness (QED) is 0.493. The van der Waals surface area contributed by atoms with Gasteiger partial charge in [-0.05, 0) is 26.0 Å². The number of rotatable bonds is 7. The molecule has 2 amide bonds. The minimum absolute atomic E-state index is 0.162. The number of carbonyl (C=O) groups is 3. The lowest BCUT2D eigenvalue weighted by atomic mass is 10.3. The van der Waals surface area contributed by atoms with Crippen molar-refractivity contribution in [1.29, 1.82) is 0 Å². The van der Waals surface area contributed by atoms with Gasteiger partial charge in [0.15, 0.2) is 6.10 Å². The SMILES string of the molecule is CCNC(=O)[C@@H](C)OC(=O)/C=C/C(=O)N1CCN(S(=O)(=O)c2ccccc2)CC1. The topological polar surface area (TPSA) is 113 Å². The molecule has 1 atom stereocenters. The number of hydrogen-bond acceptors (Lipinski definition) is 6. The summed E-state index contributed by atoms with van der Waals surface area (Å²) in [6, 6.07) is 8.11. The van der Waals surface area contributed by atoms with Gasteiger partial charge in [-0.1, -0.05) is 18.2 Å². The van der Waals surface area contributed by atoms with Crippen molar-refractivity contribution in [1.82, 2.24) is 14.5 Å². The Morgan fingerprint density at radius 2 is 1.72 bits per heavy atom. The van der Waals surface area contributed by atoms with Crippen LogP contribution in [0.15, 0.2) is 47.4 Å². The molecule has 1 saturated heterocycles. The summed E-state index contributed by atoms with van der Waals surface area (Å²) in [5.41, 5.74) is 0. The van der Waals surface area contributed by atoms with E-state index in [-0.39, 0.29) is 31.1 Å². The number of likely N-dealkylation sites (N-methyl/N-ethyl adjacent to an activating group) is 1. The smallest absolute Gasteiger partial charge is 0.331 e. The van der Waals surface area contributed by atoms with Crippen LogP contribution in [0, 0.1) is 0 Å².